The van der Waals surface area contributed by atoms with Crippen molar-refractivity contribution in [3.05, 3.63) is 36.0 Å². The van der Waals surface area contributed by atoms with Crippen LogP contribution in [0.3, 0.4) is 0 Å². The van der Waals surface area contributed by atoms with Gasteiger partial charge in [-0.15, -0.1) is 0 Å². The predicted molar refractivity (Wildman–Crippen MR) is 73.6 cm³/mol. The second-order valence-corrected chi connectivity index (χ2v) is 5.22. The molecule has 10 heteroatoms. The zero-order valence-electron chi connectivity index (χ0n) is 11.9. The first-order valence-electron chi connectivity index (χ1n) is 6.83. The highest BCUT2D eigenvalue weighted by Crippen LogP contribution is 2.31. The van der Waals surface area contributed by atoms with Crippen molar-refractivity contribution in [2.45, 2.75) is 18.6 Å². The molecular formula is C13H13F3N6O. The summed E-state index contributed by atoms with van der Waals surface area (Å²) < 4.78 is 39.7. The van der Waals surface area contributed by atoms with E-state index in [0.29, 0.717) is 25.1 Å². The second-order valence-electron chi connectivity index (χ2n) is 5.22. The molecule has 1 aliphatic rings. The molecule has 2 aromatic rings. The molecule has 1 fully saturated rings. The van der Waals surface area contributed by atoms with Crippen molar-refractivity contribution < 1.29 is 18.0 Å². The van der Waals surface area contributed by atoms with Gasteiger partial charge in [-0.3, -0.25) is 9.48 Å². The van der Waals surface area contributed by atoms with Gasteiger partial charge in [0.15, 0.2) is 0 Å². The zero-order chi connectivity index (χ0) is 16.6. The fourth-order valence-electron chi connectivity index (χ4n) is 2.51. The summed E-state index contributed by atoms with van der Waals surface area (Å²) in [4.78, 5) is 20.0. The highest BCUT2D eigenvalue weighted by atomic mass is 19.4. The van der Waals surface area contributed by atoms with Crippen LogP contribution in [0.25, 0.3) is 0 Å². The SMILES string of the molecule is NC(=O)c1cnn(C2CCN(c3cc(C(F)(F)F)ncn3)C2)c1. The Labute approximate surface area is 128 Å². The molecule has 0 aliphatic carbocycles. The van der Waals surface area contributed by atoms with Crippen molar-refractivity contribution in [3.63, 3.8) is 0 Å². The average molecular weight is 326 g/mol. The van der Waals surface area contributed by atoms with Crippen LogP contribution in [0.1, 0.15) is 28.5 Å². The Bertz CT molecular complexity index is 728. The first-order chi connectivity index (χ1) is 10.8. The fraction of sp³-hybridized carbons (Fsp3) is 0.385. The number of nitrogens with two attached hydrogens (primary N) is 1. The maximum atomic E-state index is 12.7. The molecule has 2 aromatic heterocycles. The molecule has 1 aliphatic heterocycles. The van der Waals surface area contributed by atoms with Gasteiger partial charge in [0.1, 0.15) is 17.8 Å². The Hall–Kier alpha value is -2.65. The predicted octanol–water partition coefficient (Wildman–Crippen LogP) is 1.24. The largest absolute Gasteiger partial charge is 0.433 e. The molecule has 3 rings (SSSR count). The van der Waals surface area contributed by atoms with E-state index >= 15 is 0 Å². The lowest BCUT2D eigenvalue weighted by Crippen LogP contribution is -2.23. The van der Waals surface area contributed by atoms with Crippen molar-refractivity contribution in [1.82, 2.24) is 19.7 Å². The lowest BCUT2D eigenvalue weighted by molar-refractivity contribution is -0.141. The van der Waals surface area contributed by atoms with Gasteiger partial charge in [0.25, 0.3) is 5.91 Å². The average Bonchev–Trinajstić information content (AvgIpc) is 3.15. The van der Waals surface area contributed by atoms with Crippen LogP contribution >= 0.6 is 0 Å². The number of rotatable bonds is 3. The molecule has 1 atom stereocenters. The Morgan fingerprint density at radius 2 is 2.13 bits per heavy atom. The number of anilines is 1. The first kappa shape index (κ1) is 15.3. The third-order valence-corrected chi connectivity index (χ3v) is 3.69. The molecule has 122 valence electrons. The number of hydrogen-bond acceptors (Lipinski definition) is 5. The summed E-state index contributed by atoms with van der Waals surface area (Å²) in [6.45, 7) is 0.971. The Morgan fingerprint density at radius 1 is 1.35 bits per heavy atom. The number of nitrogens with zero attached hydrogens (tertiary/aromatic N) is 5. The summed E-state index contributed by atoms with van der Waals surface area (Å²) in [5, 5.41) is 4.08. The van der Waals surface area contributed by atoms with E-state index in [4.69, 9.17) is 5.73 Å². The molecule has 0 spiro atoms. The Morgan fingerprint density at radius 3 is 2.78 bits per heavy atom. The molecule has 7 nitrogen and oxygen atoms in total. The third-order valence-electron chi connectivity index (χ3n) is 3.69. The van der Waals surface area contributed by atoms with E-state index in [0.717, 1.165) is 12.4 Å². The first-order valence-corrected chi connectivity index (χ1v) is 6.83. The molecule has 0 saturated carbocycles. The topological polar surface area (TPSA) is 89.9 Å². The van der Waals surface area contributed by atoms with Gasteiger partial charge in [-0.1, -0.05) is 0 Å². The molecule has 3 heterocycles. The van der Waals surface area contributed by atoms with Gasteiger partial charge in [-0.25, -0.2) is 9.97 Å². The van der Waals surface area contributed by atoms with Gasteiger partial charge in [-0.05, 0) is 6.42 Å². The number of aromatic nitrogens is 4. The van der Waals surface area contributed by atoms with E-state index in [9.17, 15) is 18.0 Å². The molecule has 23 heavy (non-hydrogen) atoms. The van der Waals surface area contributed by atoms with Gasteiger partial charge in [0, 0.05) is 25.4 Å². The van der Waals surface area contributed by atoms with E-state index in [-0.39, 0.29) is 11.9 Å². The van der Waals surface area contributed by atoms with E-state index in [1.165, 1.54) is 12.4 Å². The third kappa shape index (κ3) is 3.10. The number of amides is 1. The summed E-state index contributed by atoms with van der Waals surface area (Å²) in [7, 11) is 0. The van der Waals surface area contributed by atoms with Crippen LogP contribution in [0, 0.1) is 0 Å². The smallest absolute Gasteiger partial charge is 0.366 e. The summed E-state index contributed by atoms with van der Waals surface area (Å²) >= 11 is 0. The summed E-state index contributed by atoms with van der Waals surface area (Å²) in [6.07, 6.45) is -0.0138. The number of hydrogen-bond donors (Lipinski definition) is 1. The lowest BCUT2D eigenvalue weighted by atomic mass is 10.2. The number of primary amides is 1. The molecule has 0 radical (unpaired) electrons. The highest BCUT2D eigenvalue weighted by molar-refractivity contribution is 5.92. The van der Waals surface area contributed by atoms with E-state index in [2.05, 4.69) is 15.1 Å². The second kappa shape index (κ2) is 5.52. The van der Waals surface area contributed by atoms with Crippen LogP contribution in [0.4, 0.5) is 19.0 Å². The number of carbonyl (C=O) groups is 1. The molecule has 1 saturated heterocycles. The van der Waals surface area contributed by atoms with Gasteiger partial charge in [-0.2, -0.15) is 18.3 Å². The lowest BCUT2D eigenvalue weighted by Gasteiger charge is -2.18. The fourth-order valence-corrected chi connectivity index (χ4v) is 2.51. The standard InChI is InChI=1S/C13H13F3N6O/c14-13(15,16)10-3-11(19-7-18-10)21-2-1-9(6-21)22-5-8(4-20-22)12(17)23/h3-5,7,9H,1-2,6H2,(H2,17,23). The molecule has 0 aromatic carbocycles. The maximum Gasteiger partial charge on any atom is 0.433 e. The maximum absolute atomic E-state index is 12.7. The molecular weight excluding hydrogens is 313 g/mol. The van der Waals surface area contributed by atoms with Crippen molar-refractivity contribution >= 4 is 11.7 Å². The van der Waals surface area contributed by atoms with Gasteiger partial charge >= 0.3 is 6.18 Å². The number of carbonyl (C=O) groups excluding carboxylic acids is 1. The highest BCUT2D eigenvalue weighted by Gasteiger charge is 2.34. The molecule has 0 bridgehead atoms. The van der Waals surface area contributed by atoms with Crippen molar-refractivity contribution in [3.8, 4) is 0 Å². The molecule has 2 N–H and O–H groups in total. The summed E-state index contributed by atoms with van der Waals surface area (Å²) in [5.41, 5.74) is 4.50. The Kier molecular flexibility index (Phi) is 3.66. The summed E-state index contributed by atoms with van der Waals surface area (Å²) in [6, 6.07) is 0.868. The summed E-state index contributed by atoms with van der Waals surface area (Å²) in [5.74, 6) is -0.353. The normalized spacial score (nSPS) is 18.4. The van der Waals surface area contributed by atoms with Crippen LogP contribution in [0.15, 0.2) is 24.8 Å². The minimum atomic E-state index is -4.50. The number of halogens is 3. The van der Waals surface area contributed by atoms with Crippen LogP contribution in [0.5, 0.6) is 0 Å². The minimum absolute atomic E-state index is 0.0626. The number of alkyl halides is 3. The molecule has 1 amide bonds. The Balaban J connectivity index is 1.76. The van der Waals surface area contributed by atoms with Crippen molar-refractivity contribution in [1.29, 1.82) is 0 Å². The zero-order valence-corrected chi connectivity index (χ0v) is 11.9. The van der Waals surface area contributed by atoms with Crippen LogP contribution in [-0.4, -0.2) is 38.7 Å². The minimum Gasteiger partial charge on any atom is -0.366 e. The van der Waals surface area contributed by atoms with Crippen LogP contribution in [-0.2, 0) is 6.18 Å². The molecule has 1 unspecified atom stereocenters. The van der Waals surface area contributed by atoms with Gasteiger partial charge in [0.2, 0.25) is 0 Å². The van der Waals surface area contributed by atoms with E-state index < -0.39 is 17.8 Å². The van der Waals surface area contributed by atoms with Crippen LogP contribution in [0.2, 0.25) is 0 Å². The van der Waals surface area contributed by atoms with Crippen molar-refractivity contribution in [2.75, 3.05) is 18.0 Å². The van der Waals surface area contributed by atoms with Crippen LogP contribution < -0.4 is 10.6 Å². The van der Waals surface area contributed by atoms with E-state index in [1.54, 1.807) is 9.58 Å². The van der Waals surface area contributed by atoms with E-state index in [1.807, 2.05) is 0 Å². The monoisotopic (exact) mass is 326 g/mol. The van der Waals surface area contributed by atoms with Gasteiger partial charge in [0.05, 0.1) is 17.8 Å². The van der Waals surface area contributed by atoms with Crippen molar-refractivity contribution in [2.24, 2.45) is 5.73 Å². The quantitative estimate of drug-likeness (QED) is 0.916. The van der Waals surface area contributed by atoms with Gasteiger partial charge < -0.3 is 10.6 Å².